The summed E-state index contributed by atoms with van der Waals surface area (Å²) in [5.41, 5.74) is 2.29. The first-order valence-electron chi connectivity index (χ1n) is 8.19. The lowest BCUT2D eigenvalue weighted by Crippen LogP contribution is -2.43. The Morgan fingerprint density at radius 1 is 1.21 bits per heavy atom. The van der Waals surface area contributed by atoms with Gasteiger partial charge in [-0.25, -0.2) is 12.7 Å². The van der Waals surface area contributed by atoms with Crippen molar-refractivity contribution in [1.82, 2.24) is 9.62 Å². The van der Waals surface area contributed by atoms with Crippen molar-refractivity contribution in [3.05, 3.63) is 29.3 Å². The van der Waals surface area contributed by atoms with Crippen LogP contribution in [0.5, 0.6) is 5.75 Å². The molecule has 0 saturated carbocycles. The fourth-order valence-electron chi connectivity index (χ4n) is 2.95. The summed E-state index contributed by atoms with van der Waals surface area (Å²) in [6.07, 6.45) is 2.34. The zero-order chi connectivity index (χ0) is 17.7. The molecule has 24 heavy (non-hydrogen) atoms. The number of aryl methyl sites for hydroxylation is 2. The molecule has 1 amide bonds. The van der Waals surface area contributed by atoms with Crippen molar-refractivity contribution in [2.45, 2.75) is 26.7 Å². The first-order valence-corrected chi connectivity index (χ1v) is 10.0. The topological polar surface area (TPSA) is 75.7 Å². The minimum absolute atomic E-state index is 0.0211. The number of nitrogens with zero attached hydrogens (tertiary/aromatic N) is 1. The summed E-state index contributed by atoms with van der Waals surface area (Å²) in [6, 6.07) is 6.02. The number of rotatable bonds is 6. The number of carbonyl (C=O) groups is 1. The van der Waals surface area contributed by atoms with Crippen molar-refractivity contribution in [2.75, 3.05) is 32.5 Å². The van der Waals surface area contributed by atoms with Crippen LogP contribution in [0, 0.1) is 19.8 Å². The van der Waals surface area contributed by atoms with Crippen molar-refractivity contribution in [2.24, 2.45) is 5.92 Å². The van der Waals surface area contributed by atoms with E-state index in [0.29, 0.717) is 39.1 Å². The van der Waals surface area contributed by atoms with Gasteiger partial charge in [0, 0.05) is 19.0 Å². The summed E-state index contributed by atoms with van der Waals surface area (Å²) in [7, 11) is -3.15. The highest BCUT2D eigenvalue weighted by molar-refractivity contribution is 7.88. The molecule has 1 saturated heterocycles. The van der Waals surface area contributed by atoms with Crippen LogP contribution in [0.25, 0.3) is 0 Å². The molecular formula is C17H26N2O4S. The number of hydrogen-bond donors (Lipinski definition) is 1. The number of amides is 1. The zero-order valence-corrected chi connectivity index (χ0v) is 15.4. The molecule has 0 atom stereocenters. The molecule has 1 aromatic carbocycles. The highest BCUT2D eigenvalue weighted by Crippen LogP contribution is 2.19. The third-order valence-corrected chi connectivity index (χ3v) is 5.46. The first-order chi connectivity index (χ1) is 11.3. The summed E-state index contributed by atoms with van der Waals surface area (Å²) < 4.78 is 30.0. The van der Waals surface area contributed by atoms with Crippen LogP contribution in [-0.2, 0) is 14.8 Å². The van der Waals surface area contributed by atoms with Gasteiger partial charge in [-0.2, -0.15) is 0 Å². The second kappa shape index (κ2) is 7.98. The summed E-state index contributed by atoms with van der Waals surface area (Å²) in [6.45, 7) is 5.72. The highest BCUT2D eigenvalue weighted by Gasteiger charge is 2.28. The largest absolute Gasteiger partial charge is 0.492 e. The lowest BCUT2D eigenvalue weighted by molar-refractivity contribution is -0.126. The summed E-state index contributed by atoms with van der Waals surface area (Å²) in [5, 5.41) is 2.87. The molecule has 6 nitrogen and oxygen atoms in total. The Hall–Kier alpha value is -1.60. The van der Waals surface area contributed by atoms with Gasteiger partial charge in [-0.3, -0.25) is 4.79 Å². The molecule has 0 aromatic heterocycles. The van der Waals surface area contributed by atoms with E-state index in [1.807, 2.05) is 26.0 Å². The number of hydrogen-bond acceptors (Lipinski definition) is 4. The van der Waals surface area contributed by atoms with E-state index in [1.54, 1.807) is 0 Å². The van der Waals surface area contributed by atoms with Crippen LogP contribution in [0.15, 0.2) is 18.2 Å². The van der Waals surface area contributed by atoms with Crippen LogP contribution in [0.1, 0.15) is 24.0 Å². The van der Waals surface area contributed by atoms with E-state index in [4.69, 9.17) is 4.74 Å². The standard InChI is InChI=1S/C17H26N2O4S/c1-13-10-14(2)12-16(11-13)23-9-6-18-17(20)15-4-7-19(8-5-15)24(3,21)22/h10-12,15H,4-9H2,1-3H3,(H,18,20). The Bertz CT molecular complexity index is 660. The number of benzene rings is 1. The molecule has 1 aromatic rings. The van der Waals surface area contributed by atoms with E-state index in [2.05, 4.69) is 11.4 Å². The Morgan fingerprint density at radius 3 is 2.33 bits per heavy atom. The number of sulfonamides is 1. The molecule has 0 bridgehead atoms. The molecule has 1 N–H and O–H groups in total. The van der Waals surface area contributed by atoms with E-state index in [9.17, 15) is 13.2 Å². The average Bonchev–Trinajstić information content (AvgIpc) is 2.50. The normalized spacial score (nSPS) is 16.8. The second-order valence-corrected chi connectivity index (χ2v) is 8.38. The number of piperidine rings is 1. The monoisotopic (exact) mass is 354 g/mol. The quantitative estimate of drug-likeness (QED) is 0.785. The maximum Gasteiger partial charge on any atom is 0.223 e. The fraction of sp³-hybridized carbons (Fsp3) is 0.588. The predicted octanol–water partition coefficient (Wildman–Crippen LogP) is 1.47. The van der Waals surface area contributed by atoms with Crippen molar-refractivity contribution in [1.29, 1.82) is 0 Å². The van der Waals surface area contributed by atoms with Crippen molar-refractivity contribution in [3.63, 3.8) is 0 Å². The third kappa shape index (κ3) is 5.49. The van der Waals surface area contributed by atoms with Crippen molar-refractivity contribution < 1.29 is 17.9 Å². The molecule has 1 heterocycles. The molecule has 0 radical (unpaired) electrons. The first kappa shape index (κ1) is 18.7. The van der Waals surface area contributed by atoms with E-state index in [0.717, 1.165) is 16.9 Å². The van der Waals surface area contributed by atoms with Gasteiger partial charge >= 0.3 is 0 Å². The Morgan fingerprint density at radius 2 is 1.79 bits per heavy atom. The summed E-state index contributed by atoms with van der Waals surface area (Å²) >= 11 is 0. The Balaban J connectivity index is 1.70. The van der Waals surface area contributed by atoms with E-state index >= 15 is 0 Å². The van der Waals surface area contributed by atoms with Crippen LogP contribution >= 0.6 is 0 Å². The molecule has 7 heteroatoms. The molecule has 0 spiro atoms. The van der Waals surface area contributed by atoms with Gasteiger partial charge in [-0.15, -0.1) is 0 Å². The molecule has 1 aliphatic heterocycles. The average molecular weight is 354 g/mol. The van der Waals surface area contributed by atoms with E-state index in [1.165, 1.54) is 10.6 Å². The Labute approximate surface area is 144 Å². The van der Waals surface area contributed by atoms with E-state index in [-0.39, 0.29) is 11.8 Å². The van der Waals surface area contributed by atoms with Gasteiger partial charge < -0.3 is 10.1 Å². The Kier molecular flexibility index (Phi) is 6.23. The molecule has 0 aliphatic carbocycles. The van der Waals surface area contributed by atoms with Gasteiger partial charge in [0.15, 0.2) is 0 Å². The van der Waals surface area contributed by atoms with Gasteiger partial charge in [-0.1, -0.05) is 6.07 Å². The smallest absolute Gasteiger partial charge is 0.223 e. The van der Waals surface area contributed by atoms with Crippen molar-refractivity contribution >= 4 is 15.9 Å². The van der Waals surface area contributed by atoms with Crippen LogP contribution in [0.2, 0.25) is 0 Å². The highest BCUT2D eigenvalue weighted by atomic mass is 32.2. The van der Waals surface area contributed by atoms with Crippen LogP contribution < -0.4 is 10.1 Å². The zero-order valence-electron chi connectivity index (χ0n) is 14.5. The number of ether oxygens (including phenoxy) is 1. The van der Waals surface area contributed by atoms with Gasteiger partial charge in [-0.05, 0) is 49.9 Å². The third-order valence-electron chi connectivity index (χ3n) is 4.16. The number of carbonyl (C=O) groups excluding carboxylic acids is 1. The van der Waals surface area contributed by atoms with Gasteiger partial charge in [0.25, 0.3) is 0 Å². The minimum Gasteiger partial charge on any atom is -0.492 e. The second-order valence-electron chi connectivity index (χ2n) is 6.40. The minimum atomic E-state index is -3.15. The molecular weight excluding hydrogens is 328 g/mol. The predicted molar refractivity (Wildman–Crippen MR) is 93.6 cm³/mol. The molecule has 1 aliphatic rings. The van der Waals surface area contributed by atoms with Gasteiger partial charge in [0.2, 0.25) is 15.9 Å². The number of nitrogens with one attached hydrogen (secondary N) is 1. The SMILES string of the molecule is Cc1cc(C)cc(OCCNC(=O)C2CCN(S(C)(=O)=O)CC2)c1. The maximum atomic E-state index is 12.1. The summed E-state index contributed by atoms with van der Waals surface area (Å²) in [4.78, 5) is 12.1. The molecule has 134 valence electrons. The lowest BCUT2D eigenvalue weighted by Gasteiger charge is -2.29. The fourth-order valence-corrected chi connectivity index (χ4v) is 3.83. The molecule has 1 fully saturated rings. The van der Waals surface area contributed by atoms with E-state index < -0.39 is 10.0 Å². The van der Waals surface area contributed by atoms with Gasteiger partial charge in [0.1, 0.15) is 12.4 Å². The van der Waals surface area contributed by atoms with Crippen molar-refractivity contribution in [3.8, 4) is 5.75 Å². The lowest BCUT2D eigenvalue weighted by atomic mass is 9.97. The summed E-state index contributed by atoms with van der Waals surface area (Å²) in [5.74, 6) is 0.666. The van der Waals surface area contributed by atoms with Gasteiger partial charge in [0.05, 0.1) is 12.8 Å². The van der Waals surface area contributed by atoms with Crippen LogP contribution in [0.3, 0.4) is 0 Å². The van der Waals surface area contributed by atoms with Crippen LogP contribution in [0.4, 0.5) is 0 Å². The maximum absolute atomic E-state index is 12.1. The molecule has 0 unspecified atom stereocenters. The molecule has 2 rings (SSSR count). The van der Waals surface area contributed by atoms with Crippen LogP contribution in [-0.4, -0.2) is 51.1 Å².